The number of ether oxygens (including phenoxy) is 1. The van der Waals surface area contributed by atoms with E-state index in [0.29, 0.717) is 46.3 Å². The normalized spacial score (nSPS) is 14.6. The number of methoxy groups -OCH3 is 1. The summed E-state index contributed by atoms with van der Waals surface area (Å²) in [6.07, 6.45) is 4.19. The van der Waals surface area contributed by atoms with Gasteiger partial charge in [-0.05, 0) is 48.7 Å². The van der Waals surface area contributed by atoms with Gasteiger partial charge in [-0.15, -0.1) is 0 Å². The van der Waals surface area contributed by atoms with E-state index in [1.807, 2.05) is 0 Å². The number of non-ortho nitro benzene ring substituents is 1. The van der Waals surface area contributed by atoms with Gasteiger partial charge in [0.05, 0.1) is 16.9 Å². The van der Waals surface area contributed by atoms with Crippen molar-refractivity contribution in [1.82, 2.24) is 4.90 Å². The van der Waals surface area contributed by atoms with Crippen LogP contribution in [0.1, 0.15) is 31.2 Å². The lowest BCUT2D eigenvalue weighted by molar-refractivity contribution is -0.384. The molecule has 0 saturated carbocycles. The molecule has 0 unspecified atom stereocenters. The summed E-state index contributed by atoms with van der Waals surface area (Å²) >= 11 is 6.52. The Hall–Kier alpha value is -3.24. The number of nitrogens with zero attached hydrogens (tertiary/aromatic N) is 2. The van der Waals surface area contributed by atoms with Crippen molar-refractivity contribution < 1.29 is 19.2 Å². The van der Waals surface area contributed by atoms with Gasteiger partial charge >= 0.3 is 0 Å². The van der Waals surface area contributed by atoms with E-state index in [0.717, 1.165) is 12.2 Å². The van der Waals surface area contributed by atoms with Gasteiger partial charge in [-0.1, -0.05) is 42.5 Å². The summed E-state index contributed by atoms with van der Waals surface area (Å²) < 4.78 is 5.56. The third-order valence-electron chi connectivity index (χ3n) is 4.91. The molecule has 0 radical (unpaired) electrons. The molecule has 1 fully saturated rings. The van der Waals surface area contributed by atoms with Gasteiger partial charge in [-0.2, -0.15) is 0 Å². The predicted octanol–water partition coefficient (Wildman–Crippen LogP) is 5.00. The molecule has 0 atom stereocenters. The molecule has 1 aliphatic heterocycles. The van der Waals surface area contributed by atoms with E-state index in [-0.39, 0.29) is 17.5 Å². The molecular weight excluding hydrogens is 462 g/mol. The number of benzene rings is 2. The SMILES string of the molecule is COc1ccc(NC(=O)CCCCCN2C(=O)/C(=C/c3cccc([N+](=O)[O-])c3)SC2=S)cc1. The average molecular weight is 486 g/mol. The van der Waals surface area contributed by atoms with E-state index in [4.69, 9.17) is 17.0 Å². The second-order valence-corrected chi connectivity index (χ2v) is 8.95. The van der Waals surface area contributed by atoms with Gasteiger partial charge in [-0.25, -0.2) is 0 Å². The summed E-state index contributed by atoms with van der Waals surface area (Å²) in [5, 5.41) is 13.8. The first-order valence-corrected chi connectivity index (χ1v) is 11.5. The number of anilines is 1. The van der Waals surface area contributed by atoms with E-state index in [1.54, 1.807) is 54.5 Å². The van der Waals surface area contributed by atoms with E-state index in [9.17, 15) is 19.7 Å². The third kappa shape index (κ3) is 6.87. The molecule has 1 heterocycles. The summed E-state index contributed by atoms with van der Waals surface area (Å²) in [4.78, 5) is 37.3. The number of carbonyl (C=O) groups excluding carboxylic acids is 2. The van der Waals surface area contributed by atoms with E-state index >= 15 is 0 Å². The number of thiocarbonyl (C=S) groups is 1. The molecule has 172 valence electrons. The highest BCUT2D eigenvalue weighted by Crippen LogP contribution is 2.33. The second-order valence-electron chi connectivity index (χ2n) is 7.27. The molecule has 1 N–H and O–H groups in total. The Bertz CT molecular complexity index is 1090. The summed E-state index contributed by atoms with van der Waals surface area (Å²) in [7, 11) is 1.59. The molecule has 2 aromatic rings. The minimum atomic E-state index is -0.472. The number of thioether (sulfide) groups is 1. The number of rotatable bonds is 10. The molecule has 8 nitrogen and oxygen atoms in total. The summed E-state index contributed by atoms with van der Waals surface area (Å²) in [5.41, 5.74) is 1.26. The summed E-state index contributed by atoms with van der Waals surface area (Å²) in [6.45, 7) is 0.469. The lowest BCUT2D eigenvalue weighted by Crippen LogP contribution is -2.29. The first kappa shape index (κ1) is 24.4. The Morgan fingerprint density at radius 1 is 1.21 bits per heavy atom. The fraction of sp³-hybridized carbons (Fsp3) is 0.261. The zero-order valence-electron chi connectivity index (χ0n) is 18.0. The Morgan fingerprint density at radius 2 is 1.97 bits per heavy atom. The van der Waals surface area contributed by atoms with Crippen LogP contribution in [-0.2, 0) is 9.59 Å². The monoisotopic (exact) mass is 485 g/mol. The average Bonchev–Trinajstić information content (AvgIpc) is 3.06. The number of carbonyl (C=O) groups is 2. The van der Waals surface area contributed by atoms with Crippen LogP contribution in [0.15, 0.2) is 53.4 Å². The molecule has 10 heteroatoms. The van der Waals surface area contributed by atoms with Gasteiger partial charge in [-0.3, -0.25) is 24.6 Å². The van der Waals surface area contributed by atoms with Crippen LogP contribution >= 0.6 is 24.0 Å². The topological polar surface area (TPSA) is 102 Å². The van der Waals surface area contributed by atoms with Crippen molar-refractivity contribution in [3.63, 3.8) is 0 Å². The third-order valence-corrected chi connectivity index (χ3v) is 6.29. The number of hydrogen-bond donors (Lipinski definition) is 1. The number of nitrogens with one attached hydrogen (secondary N) is 1. The van der Waals surface area contributed by atoms with E-state index in [2.05, 4.69) is 5.32 Å². The number of nitro groups is 1. The van der Waals surface area contributed by atoms with Gasteiger partial charge in [0, 0.05) is 30.8 Å². The molecule has 0 aliphatic carbocycles. The largest absolute Gasteiger partial charge is 0.497 e. The van der Waals surface area contributed by atoms with Crippen molar-refractivity contribution in [3.8, 4) is 5.75 Å². The van der Waals surface area contributed by atoms with Crippen molar-refractivity contribution >= 4 is 57.6 Å². The highest BCUT2D eigenvalue weighted by molar-refractivity contribution is 8.26. The van der Waals surface area contributed by atoms with Gasteiger partial charge in [0.25, 0.3) is 11.6 Å². The maximum atomic E-state index is 12.7. The summed E-state index contributed by atoms with van der Waals surface area (Å²) in [6, 6.07) is 13.2. The molecule has 1 saturated heterocycles. The minimum Gasteiger partial charge on any atom is -0.497 e. The van der Waals surface area contributed by atoms with Gasteiger partial charge in [0.1, 0.15) is 10.1 Å². The van der Waals surface area contributed by atoms with Crippen LogP contribution in [0.25, 0.3) is 6.08 Å². The number of nitro benzene ring substituents is 1. The quantitative estimate of drug-likeness (QED) is 0.166. The second kappa shape index (κ2) is 11.6. The Labute approximate surface area is 201 Å². The summed E-state index contributed by atoms with van der Waals surface area (Å²) in [5.74, 6) is 0.461. The smallest absolute Gasteiger partial charge is 0.270 e. The van der Waals surface area contributed by atoms with Crippen LogP contribution in [0.3, 0.4) is 0 Å². The van der Waals surface area contributed by atoms with Crippen molar-refractivity contribution in [2.24, 2.45) is 0 Å². The van der Waals surface area contributed by atoms with Gasteiger partial charge in [0.2, 0.25) is 5.91 Å². The molecule has 0 spiro atoms. The van der Waals surface area contributed by atoms with Crippen LogP contribution in [0, 0.1) is 10.1 Å². The molecule has 33 heavy (non-hydrogen) atoms. The van der Waals surface area contributed by atoms with Crippen molar-refractivity contribution in [2.45, 2.75) is 25.7 Å². The Balaban J connectivity index is 1.43. The predicted molar refractivity (Wildman–Crippen MR) is 133 cm³/mol. The van der Waals surface area contributed by atoms with E-state index < -0.39 is 4.92 Å². The highest BCUT2D eigenvalue weighted by atomic mass is 32.2. The Kier molecular flexibility index (Phi) is 8.56. The molecular formula is C23H23N3O5S2. The van der Waals surface area contributed by atoms with Gasteiger partial charge in [0.15, 0.2) is 0 Å². The number of hydrogen-bond acceptors (Lipinski definition) is 7. The number of amides is 2. The standard InChI is InChI=1S/C23H23N3O5S2/c1-31-19-11-9-17(10-12-19)24-21(27)8-3-2-4-13-25-22(28)20(33-23(25)32)15-16-6-5-7-18(14-16)26(29)30/h5-7,9-12,14-15H,2-4,8,13H2,1H3,(H,24,27)/b20-15-. The number of unbranched alkanes of at least 4 members (excludes halogenated alkanes) is 2. The van der Waals surface area contributed by atoms with Crippen molar-refractivity contribution in [3.05, 3.63) is 69.1 Å². The van der Waals surface area contributed by atoms with Crippen LogP contribution < -0.4 is 10.1 Å². The fourth-order valence-corrected chi connectivity index (χ4v) is 4.51. The van der Waals surface area contributed by atoms with Crippen LogP contribution in [0.4, 0.5) is 11.4 Å². The van der Waals surface area contributed by atoms with Crippen LogP contribution in [0.5, 0.6) is 5.75 Å². The highest BCUT2D eigenvalue weighted by Gasteiger charge is 2.31. The van der Waals surface area contributed by atoms with E-state index in [1.165, 1.54) is 23.9 Å². The molecule has 3 rings (SSSR count). The molecule has 0 bridgehead atoms. The van der Waals surface area contributed by atoms with Crippen molar-refractivity contribution in [1.29, 1.82) is 0 Å². The van der Waals surface area contributed by atoms with Crippen LogP contribution in [-0.4, -0.2) is 39.6 Å². The van der Waals surface area contributed by atoms with Crippen LogP contribution in [0.2, 0.25) is 0 Å². The fourth-order valence-electron chi connectivity index (χ4n) is 3.20. The zero-order chi connectivity index (χ0) is 23.8. The molecule has 2 aromatic carbocycles. The Morgan fingerprint density at radius 3 is 2.67 bits per heavy atom. The zero-order valence-corrected chi connectivity index (χ0v) is 19.6. The molecule has 2 amide bonds. The molecule has 1 aliphatic rings. The first-order chi connectivity index (χ1) is 15.9. The van der Waals surface area contributed by atoms with Gasteiger partial charge < -0.3 is 10.1 Å². The maximum Gasteiger partial charge on any atom is 0.270 e. The lowest BCUT2D eigenvalue weighted by Gasteiger charge is -2.14. The van der Waals surface area contributed by atoms with Crippen molar-refractivity contribution in [2.75, 3.05) is 19.0 Å². The molecule has 0 aromatic heterocycles. The first-order valence-electron chi connectivity index (χ1n) is 10.3. The maximum absolute atomic E-state index is 12.7. The minimum absolute atomic E-state index is 0.0322. The lowest BCUT2D eigenvalue weighted by atomic mass is 10.1.